The second-order valence-electron chi connectivity index (χ2n) is 5.29. The van der Waals surface area contributed by atoms with Gasteiger partial charge in [-0.25, -0.2) is 14.2 Å². The number of halogens is 1. The summed E-state index contributed by atoms with van der Waals surface area (Å²) in [4.78, 5) is 17.3. The van der Waals surface area contributed by atoms with Gasteiger partial charge in [0.2, 0.25) is 0 Å². The van der Waals surface area contributed by atoms with E-state index in [1.54, 1.807) is 12.3 Å². The number of nitrogens with zero attached hydrogens (tertiary/aromatic N) is 2. The second kappa shape index (κ2) is 6.01. The molecule has 1 saturated heterocycles. The number of nitrogens with one attached hydrogen (secondary N) is 1. The van der Waals surface area contributed by atoms with Crippen LogP contribution in [0.2, 0.25) is 0 Å². The molecule has 0 aliphatic carbocycles. The third-order valence-electron chi connectivity index (χ3n) is 3.83. The molecule has 3 rings (SSSR count). The molecule has 1 aliphatic heterocycles. The minimum absolute atomic E-state index is 0.199. The lowest BCUT2D eigenvalue weighted by atomic mass is 10.0. The minimum Gasteiger partial charge on any atom is -0.364 e. The Morgan fingerprint density at radius 3 is 2.82 bits per heavy atom. The van der Waals surface area contributed by atoms with E-state index < -0.39 is 6.03 Å². The van der Waals surface area contributed by atoms with Crippen molar-refractivity contribution in [2.24, 2.45) is 5.73 Å². The zero-order valence-electron chi connectivity index (χ0n) is 12.0. The van der Waals surface area contributed by atoms with Crippen molar-refractivity contribution in [3.05, 3.63) is 54.0 Å². The summed E-state index contributed by atoms with van der Waals surface area (Å²) in [6.07, 6.45) is 3.70. The average molecular weight is 300 g/mol. The number of aromatic nitrogens is 1. The molecule has 1 atom stereocenters. The van der Waals surface area contributed by atoms with Crippen molar-refractivity contribution >= 4 is 17.5 Å². The van der Waals surface area contributed by atoms with Crippen LogP contribution in [0.4, 0.5) is 20.7 Å². The van der Waals surface area contributed by atoms with Crippen LogP contribution < -0.4 is 16.0 Å². The number of urea groups is 1. The molecule has 2 heterocycles. The van der Waals surface area contributed by atoms with Crippen LogP contribution in [0.15, 0.2) is 42.6 Å². The third-order valence-corrected chi connectivity index (χ3v) is 3.83. The van der Waals surface area contributed by atoms with E-state index in [1.807, 2.05) is 18.2 Å². The van der Waals surface area contributed by atoms with Gasteiger partial charge in [0.05, 0.1) is 6.04 Å². The van der Waals surface area contributed by atoms with Crippen LogP contribution in [0.1, 0.15) is 24.4 Å². The molecule has 1 aliphatic rings. The fraction of sp³-hybridized carbons (Fsp3) is 0.250. The van der Waals surface area contributed by atoms with Gasteiger partial charge in [-0.3, -0.25) is 5.32 Å². The summed E-state index contributed by atoms with van der Waals surface area (Å²) in [5, 5.41) is 2.48. The summed E-state index contributed by atoms with van der Waals surface area (Å²) in [7, 11) is 0. The topological polar surface area (TPSA) is 71.2 Å². The highest BCUT2D eigenvalue weighted by Gasteiger charge is 2.26. The Labute approximate surface area is 128 Å². The fourth-order valence-electron chi connectivity index (χ4n) is 2.90. The van der Waals surface area contributed by atoms with Crippen LogP contribution >= 0.6 is 0 Å². The number of hydrogen-bond donors (Lipinski definition) is 2. The van der Waals surface area contributed by atoms with E-state index in [4.69, 9.17) is 5.73 Å². The van der Waals surface area contributed by atoms with Crippen molar-refractivity contribution in [2.45, 2.75) is 18.9 Å². The van der Waals surface area contributed by atoms with Crippen LogP contribution in [-0.4, -0.2) is 17.6 Å². The molecule has 6 heteroatoms. The molecule has 0 saturated carbocycles. The molecule has 0 spiro atoms. The molecule has 0 bridgehead atoms. The Kier molecular flexibility index (Phi) is 3.91. The maximum Gasteiger partial charge on any atom is 0.317 e. The molecular weight excluding hydrogens is 283 g/mol. The van der Waals surface area contributed by atoms with E-state index in [9.17, 15) is 9.18 Å². The molecule has 5 nitrogen and oxygen atoms in total. The number of anilines is 2. The Balaban J connectivity index is 1.86. The molecule has 1 fully saturated rings. The van der Waals surface area contributed by atoms with Crippen molar-refractivity contribution in [3.8, 4) is 0 Å². The van der Waals surface area contributed by atoms with Gasteiger partial charge in [0.25, 0.3) is 0 Å². The van der Waals surface area contributed by atoms with Crippen LogP contribution in [0.5, 0.6) is 0 Å². The number of nitrogens with two attached hydrogens (primary N) is 1. The van der Waals surface area contributed by atoms with E-state index in [0.29, 0.717) is 5.82 Å². The lowest BCUT2D eigenvalue weighted by molar-refractivity contribution is 0.259. The third kappa shape index (κ3) is 3.00. The first kappa shape index (κ1) is 14.3. The van der Waals surface area contributed by atoms with Gasteiger partial charge >= 0.3 is 6.03 Å². The van der Waals surface area contributed by atoms with Gasteiger partial charge in [-0.1, -0.05) is 12.1 Å². The number of primary amides is 1. The monoisotopic (exact) mass is 300 g/mol. The highest BCUT2D eigenvalue weighted by atomic mass is 19.1. The minimum atomic E-state index is -0.638. The van der Waals surface area contributed by atoms with Crippen molar-refractivity contribution < 1.29 is 9.18 Å². The van der Waals surface area contributed by atoms with Crippen LogP contribution in [-0.2, 0) is 0 Å². The first-order chi connectivity index (χ1) is 10.6. The molecule has 2 amide bonds. The molecule has 1 aromatic carbocycles. The molecule has 3 N–H and O–H groups in total. The molecule has 0 radical (unpaired) electrons. The van der Waals surface area contributed by atoms with Crippen LogP contribution in [0.25, 0.3) is 0 Å². The molecule has 22 heavy (non-hydrogen) atoms. The highest BCUT2D eigenvalue weighted by molar-refractivity contribution is 5.87. The molecule has 2 aromatic rings. The van der Waals surface area contributed by atoms with Crippen molar-refractivity contribution in [3.63, 3.8) is 0 Å². The standard InChI is InChI=1S/C16H17FN4O/c17-12-5-3-11(4-6-12)14-2-1-9-21(14)13-7-8-19-15(10-13)20-16(18)22/h3-8,10,14H,1-2,9H2,(H3,18,19,20,22). The lowest BCUT2D eigenvalue weighted by Crippen LogP contribution is -2.23. The number of benzene rings is 1. The number of rotatable bonds is 3. The first-order valence-electron chi connectivity index (χ1n) is 7.18. The predicted octanol–water partition coefficient (Wildman–Crippen LogP) is 3.05. The first-order valence-corrected chi connectivity index (χ1v) is 7.18. The summed E-state index contributed by atoms with van der Waals surface area (Å²) in [6.45, 7) is 0.905. The molecule has 1 aromatic heterocycles. The zero-order chi connectivity index (χ0) is 15.5. The van der Waals surface area contributed by atoms with E-state index in [1.165, 1.54) is 12.1 Å². The van der Waals surface area contributed by atoms with Gasteiger partial charge in [0.1, 0.15) is 11.6 Å². The van der Waals surface area contributed by atoms with Gasteiger partial charge in [-0.05, 0) is 36.6 Å². The lowest BCUT2D eigenvalue weighted by Gasteiger charge is -2.27. The van der Waals surface area contributed by atoms with Crippen molar-refractivity contribution in [2.75, 3.05) is 16.8 Å². The number of pyridine rings is 1. The SMILES string of the molecule is NC(=O)Nc1cc(N2CCCC2c2ccc(F)cc2)ccn1. The van der Waals surface area contributed by atoms with Crippen LogP contribution in [0.3, 0.4) is 0 Å². The van der Waals surface area contributed by atoms with E-state index >= 15 is 0 Å². The Hall–Kier alpha value is -2.63. The van der Waals surface area contributed by atoms with Gasteiger partial charge in [0.15, 0.2) is 0 Å². The summed E-state index contributed by atoms with van der Waals surface area (Å²) in [5.74, 6) is 0.194. The number of amides is 2. The van der Waals surface area contributed by atoms with Gasteiger partial charge in [0, 0.05) is 24.5 Å². The Bertz CT molecular complexity index is 674. The van der Waals surface area contributed by atoms with Gasteiger partial charge in [-0.2, -0.15) is 0 Å². The second-order valence-corrected chi connectivity index (χ2v) is 5.29. The highest BCUT2D eigenvalue weighted by Crippen LogP contribution is 2.36. The van der Waals surface area contributed by atoms with E-state index in [2.05, 4.69) is 15.2 Å². The Morgan fingerprint density at radius 1 is 1.32 bits per heavy atom. The van der Waals surface area contributed by atoms with Crippen LogP contribution in [0, 0.1) is 5.82 Å². The number of hydrogen-bond acceptors (Lipinski definition) is 3. The van der Waals surface area contributed by atoms with E-state index in [-0.39, 0.29) is 11.9 Å². The van der Waals surface area contributed by atoms with E-state index in [0.717, 1.165) is 30.6 Å². The Morgan fingerprint density at radius 2 is 2.09 bits per heavy atom. The summed E-state index contributed by atoms with van der Waals surface area (Å²) in [6, 6.07) is 9.87. The molecular formula is C16H17FN4O. The van der Waals surface area contributed by atoms with Gasteiger partial charge < -0.3 is 10.6 Å². The summed E-state index contributed by atoms with van der Waals surface area (Å²) < 4.78 is 13.1. The molecule has 114 valence electrons. The fourth-order valence-corrected chi connectivity index (χ4v) is 2.90. The zero-order valence-corrected chi connectivity index (χ0v) is 12.0. The summed E-state index contributed by atoms with van der Waals surface area (Å²) in [5.41, 5.74) is 7.17. The quantitative estimate of drug-likeness (QED) is 0.915. The average Bonchev–Trinajstić information content (AvgIpc) is 2.97. The maximum atomic E-state index is 13.1. The summed E-state index contributed by atoms with van der Waals surface area (Å²) >= 11 is 0. The largest absolute Gasteiger partial charge is 0.364 e. The normalized spacial score (nSPS) is 17.5. The van der Waals surface area contributed by atoms with Gasteiger partial charge in [-0.15, -0.1) is 0 Å². The van der Waals surface area contributed by atoms with Crippen molar-refractivity contribution in [1.82, 2.24) is 4.98 Å². The van der Waals surface area contributed by atoms with Crippen molar-refractivity contribution in [1.29, 1.82) is 0 Å². The smallest absolute Gasteiger partial charge is 0.317 e. The molecule has 1 unspecified atom stereocenters. The number of carbonyl (C=O) groups is 1. The number of carbonyl (C=O) groups excluding carboxylic acids is 1. The predicted molar refractivity (Wildman–Crippen MR) is 83.2 cm³/mol. The maximum absolute atomic E-state index is 13.1.